The van der Waals surface area contributed by atoms with E-state index in [1.807, 2.05) is 0 Å². The van der Waals surface area contributed by atoms with Crippen molar-refractivity contribution in [2.45, 2.75) is 11.4 Å². The molecule has 2 aromatic heterocycles. The summed E-state index contributed by atoms with van der Waals surface area (Å²) in [7, 11) is -1.79. The number of pyridine rings is 1. The molecule has 0 fully saturated rings. The van der Waals surface area contributed by atoms with Crippen molar-refractivity contribution in [3.8, 4) is 0 Å². The van der Waals surface area contributed by atoms with E-state index in [0.29, 0.717) is 18.9 Å². The standard InChI is InChI=1S/C11H15N5O2S/c1-12-11-3-2-10(8-14-11)19(17,18)15-5-7-16-6-4-13-9-16/h2-4,6,8-9,15H,5,7H2,1H3,(H,12,14). The van der Waals surface area contributed by atoms with Crippen LogP contribution in [0.2, 0.25) is 0 Å². The van der Waals surface area contributed by atoms with Gasteiger partial charge in [0.05, 0.1) is 6.33 Å². The van der Waals surface area contributed by atoms with Crippen LogP contribution in [-0.2, 0) is 16.6 Å². The molecule has 0 aliphatic carbocycles. The lowest BCUT2D eigenvalue weighted by Gasteiger charge is -2.07. The van der Waals surface area contributed by atoms with E-state index in [1.165, 1.54) is 12.3 Å². The van der Waals surface area contributed by atoms with E-state index in [2.05, 4.69) is 20.0 Å². The predicted molar refractivity (Wildman–Crippen MR) is 71.2 cm³/mol. The van der Waals surface area contributed by atoms with Crippen LogP contribution in [0.25, 0.3) is 0 Å². The largest absolute Gasteiger partial charge is 0.373 e. The Labute approximate surface area is 111 Å². The summed E-state index contributed by atoms with van der Waals surface area (Å²) in [5.41, 5.74) is 0. The highest BCUT2D eigenvalue weighted by Crippen LogP contribution is 2.09. The second kappa shape index (κ2) is 5.81. The third-order valence-corrected chi connectivity index (χ3v) is 3.97. The Morgan fingerprint density at radius 3 is 2.79 bits per heavy atom. The van der Waals surface area contributed by atoms with Gasteiger partial charge in [-0.3, -0.25) is 0 Å². The van der Waals surface area contributed by atoms with Crippen LogP contribution in [0.3, 0.4) is 0 Å². The fraction of sp³-hybridized carbons (Fsp3) is 0.273. The third kappa shape index (κ3) is 3.52. The van der Waals surface area contributed by atoms with Crippen molar-refractivity contribution in [2.75, 3.05) is 18.9 Å². The maximum atomic E-state index is 12.0. The lowest BCUT2D eigenvalue weighted by molar-refractivity contribution is 0.572. The van der Waals surface area contributed by atoms with Crippen molar-refractivity contribution in [3.05, 3.63) is 37.1 Å². The molecule has 0 bridgehead atoms. The van der Waals surface area contributed by atoms with Crippen LogP contribution in [0, 0.1) is 0 Å². The van der Waals surface area contributed by atoms with Crippen LogP contribution in [0.5, 0.6) is 0 Å². The van der Waals surface area contributed by atoms with Crippen molar-refractivity contribution < 1.29 is 8.42 Å². The smallest absolute Gasteiger partial charge is 0.242 e. The Balaban J connectivity index is 1.97. The maximum absolute atomic E-state index is 12.0. The molecule has 0 amide bonds. The summed E-state index contributed by atoms with van der Waals surface area (Å²) >= 11 is 0. The van der Waals surface area contributed by atoms with E-state index in [9.17, 15) is 8.42 Å². The number of hydrogen-bond acceptors (Lipinski definition) is 5. The molecule has 0 aliphatic heterocycles. The average molecular weight is 281 g/mol. The van der Waals surface area contributed by atoms with Crippen molar-refractivity contribution in [1.82, 2.24) is 19.3 Å². The molecular weight excluding hydrogens is 266 g/mol. The minimum absolute atomic E-state index is 0.150. The molecule has 0 aliphatic rings. The number of nitrogens with one attached hydrogen (secondary N) is 2. The number of imidazole rings is 1. The summed E-state index contributed by atoms with van der Waals surface area (Å²) in [6.45, 7) is 0.827. The summed E-state index contributed by atoms with van der Waals surface area (Å²) < 4.78 is 28.2. The van der Waals surface area contributed by atoms with Gasteiger partial charge in [0, 0.05) is 38.7 Å². The fourth-order valence-electron chi connectivity index (χ4n) is 1.50. The van der Waals surface area contributed by atoms with Gasteiger partial charge in [-0.05, 0) is 12.1 Å². The molecular formula is C11H15N5O2S. The van der Waals surface area contributed by atoms with E-state index < -0.39 is 10.0 Å². The van der Waals surface area contributed by atoms with Crippen LogP contribution < -0.4 is 10.0 Å². The molecule has 0 radical (unpaired) electrons. The predicted octanol–water partition coefficient (Wildman–Crippen LogP) is 0.298. The average Bonchev–Trinajstić information content (AvgIpc) is 2.92. The van der Waals surface area contributed by atoms with Crippen molar-refractivity contribution in [1.29, 1.82) is 0 Å². The van der Waals surface area contributed by atoms with Crippen molar-refractivity contribution >= 4 is 15.8 Å². The lowest BCUT2D eigenvalue weighted by atomic mass is 10.5. The van der Waals surface area contributed by atoms with Crippen molar-refractivity contribution in [3.63, 3.8) is 0 Å². The zero-order valence-electron chi connectivity index (χ0n) is 10.4. The summed E-state index contributed by atoms with van der Waals surface area (Å²) in [6, 6.07) is 3.13. The van der Waals surface area contributed by atoms with E-state index in [0.717, 1.165) is 0 Å². The van der Waals surface area contributed by atoms with E-state index in [-0.39, 0.29) is 4.90 Å². The molecule has 7 nitrogen and oxygen atoms in total. The molecule has 0 atom stereocenters. The number of anilines is 1. The highest BCUT2D eigenvalue weighted by Gasteiger charge is 2.13. The maximum Gasteiger partial charge on any atom is 0.242 e. The first-order chi connectivity index (χ1) is 9.12. The van der Waals surface area contributed by atoms with Gasteiger partial charge in [0.25, 0.3) is 0 Å². The first-order valence-corrected chi connectivity index (χ1v) is 7.19. The molecule has 8 heteroatoms. The van der Waals surface area contributed by atoms with Gasteiger partial charge in [0.15, 0.2) is 0 Å². The van der Waals surface area contributed by atoms with Crippen LogP contribution in [0.15, 0.2) is 41.9 Å². The number of rotatable bonds is 6. The Bertz CT molecular complexity index is 607. The first-order valence-electron chi connectivity index (χ1n) is 5.71. The summed E-state index contributed by atoms with van der Waals surface area (Å²) in [5, 5.41) is 2.83. The molecule has 0 spiro atoms. The molecule has 0 saturated carbocycles. The number of aromatic nitrogens is 3. The number of nitrogens with zero attached hydrogens (tertiary/aromatic N) is 3. The Hall–Kier alpha value is -1.93. The quantitative estimate of drug-likeness (QED) is 0.795. The van der Waals surface area contributed by atoms with Gasteiger partial charge in [-0.1, -0.05) is 0 Å². The highest BCUT2D eigenvalue weighted by molar-refractivity contribution is 7.89. The van der Waals surface area contributed by atoms with Crippen LogP contribution in [0.4, 0.5) is 5.82 Å². The molecule has 2 N–H and O–H groups in total. The first kappa shape index (κ1) is 13.5. The molecule has 0 unspecified atom stereocenters. The van der Waals surface area contributed by atoms with Crippen LogP contribution in [-0.4, -0.2) is 36.5 Å². The zero-order chi connectivity index (χ0) is 13.7. The Kier molecular flexibility index (Phi) is 4.13. The molecule has 2 aromatic rings. The fourth-order valence-corrected chi connectivity index (χ4v) is 2.46. The van der Waals surface area contributed by atoms with Gasteiger partial charge in [-0.2, -0.15) is 0 Å². The monoisotopic (exact) mass is 281 g/mol. The molecule has 2 rings (SSSR count). The topological polar surface area (TPSA) is 88.9 Å². The van der Waals surface area contributed by atoms with E-state index >= 15 is 0 Å². The molecule has 0 aromatic carbocycles. The van der Waals surface area contributed by atoms with E-state index in [4.69, 9.17) is 0 Å². The highest BCUT2D eigenvalue weighted by atomic mass is 32.2. The van der Waals surface area contributed by atoms with Gasteiger partial charge in [0.2, 0.25) is 10.0 Å². The van der Waals surface area contributed by atoms with Gasteiger partial charge in [-0.25, -0.2) is 23.1 Å². The second-order valence-electron chi connectivity index (χ2n) is 3.83. The minimum Gasteiger partial charge on any atom is -0.373 e. The third-order valence-electron chi connectivity index (χ3n) is 2.52. The Morgan fingerprint density at radius 1 is 1.37 bits per heavy atom. The van der Waals surface area contributed by atoms with E-state index in [1.54, 1.807) is 36.4 Å². The summed E-state index contributed by atoms with van der Waals surface area (Å²) in [5.74, 6) is 0.623. The molecule has 102 valence electrons. The van der Waals surface area contributed by atoms with Crippen LogP contribution >= 0.6 is 0 Å². The lowest BCUT2D eigenvalue weighted by Crippen LogP contribution is -2.27. The normalized spacial score (nSPS) is 11.4. The van der Waals surface area contributed by atoms with Crippen LogP contribution in [0.1, 0.15) is 0 Å². The van der Waals surface area contributed by atoms with Gasteiger partial charge in [-0.15, -0.1) is 0 Å². The molecule has 0 saturated heterocycles. The van der Waals surface area contributed by atoms with Gasteiger partial charge in [0.1, 0.15) is 10.7 Å². The van der Waals surface area contributed by atoms with Crippen molar-refractivity contribution in [2.24, 2.45) is 0 Å². The summed E-state index contributed by atoms with van der Waals surface area (Å²) in [6.07, 6.45) is 6.38. The van der Waals surface area contributed by atoms with Gasteiger partial charge < -0.3 is 9.88 Å². The SMILES string of the molecule is CNc1ccc(S(=O)(=O)NCCn2ccnc2)cn1. The Morgan fingerprint density at radius 2 is 2.21 bits per heavy atom. The van der Waals surface area contributed by atoms with Gasteiger partial charge >= 0.3 is 0 Å². The number of hydrogen-bond donors (Lipinski definition) is 2. The minimum atomic E-state index is -3.51. The number of sulfonamides is 1. The summed E-state index contributed by atoms with van der Waals surface area (Å²) in [4.78, 5) is 8.01. The molecule has 2 heterocycles. The zero-order valence-corrected chi connectivity index (χ0v) is 11.3. The molecule has 19 heavy (non-hydrogen) atoms. The second-order valence-corrected chi connectivity index (χ2v) is 5.59.